The third kappa shape index (κ3) is 2.94. The van der Waals surface area contributed by atoms with E-state index in [4.69, 9.17) is 5.11 Å². The molecule has 1 aromatic rings. The number of carboxylic acid groups (broad SMARTS) is 1. The highest BCUT2D eigenvalue weighted by Gasteiger charge is 2.29. The fraction of sp³-hybridized carbons (Fsp3) is 0.300. The minimum atomic E-state index is -1.21. The minimum Gasteiger partial charge on any atom is -0.480 e. The smallest absolute Gasteiger partial charge is 0.332 e. The lowest BCUT2D eigenvalue weighted by Gasteiger charge is -2.17. The van der Waals surface area contributed by atoms with Crippen molar-refractivity contribution in [2.24, 2.45) is 0 Å². The van der Waals surface area contributed by atoms with Crippen molar-refractivity contribution in [2.45, 2.75) is 12.5 Å². The molecule has 1 N–H and O–H groups in total. The Labute approximate surface area is 92.2 Å². The van der Waals surface area contributed by atoms with Gasteiger partial charge in [0.25, 0.3) is 0 Å². The molecule has 0 spiro atoms. The molecule has 86 valence electrons. The number of hydrogen-bond donors (Lipinski definition) is 1. The van der Waals surface area contributed by atoms with Crippen LogP contribution in [0.15, 0.2) is 30.3 Å². The maximum Gasteiger partial charge on any atom is 0.332 e. The average molecular weight is 224 g/mol. The first kappa shape index (κ1) is 12.0. The molecule has 1 rings (SSSR count). The Bertz CT molecular complexity index is 380. The third-order valence-corrected chi connectivity index (χ3v) is 2.27. The van der Waals surface area contributed by atoms with E-state index in [1.54, 1.807) is 30.3 Å². The van der Waals surface area contributed by atoms with Gasteiger partial charge in [-0.15, -0.1) is 5.01 Å². The minimum absolute atomic E-state index is 0.105. The molecule has 0 heterocycles. The second kappa shape index (κ2) is 5.11. The normalized spacial score (nSPS) is 11.8. The highest BCUT2D eigenvalue weighted by Crippen LogP contribution is 2.08. The van der Waals surface area contributed by atoms with Crippen LogP contribution in [0.3, 0.4) is 0 Å². The van der Waals surface area contributed by atoms with Gasteiger partial charge in [0, 0.05) is 6.42 Å². The zero-order valence-corrected chi connectivity index (χ0v) is 8.74. The van der Waals surface area contributed by atoms with Crippen LogP contribution < -0.4 is 0 Å². The van der Waals surface area contributed by atoms with Crippen molar-refractivity contribution in [3.63, 3.8) is 0 Å². The van der Waals surface area contributed by atoms with E-state index < -0.39 is 17.0 Å². The van der Waals surface area contributed by atoms with Crippen molar-refractivity contribution in [2.75, 3.05) is 7.05 Å². The molecular weight excluding hydrogens is 212 g/mol. The van der Waals surface area contributed by atoms with Crippen molar-refractivity contribution >= 4 is 5.97 Å². The van der Waals surface area contributed by atoms with Gasteiger partial charge in [-0.25, -0.2) is 14.9 Å². The van der Waals surface area contributed by atoms with Crippen LogP contribution in [0.5, 0.6) is 0 Å². The van der Waals surface area contributed by atoms with E-state index >= 15 is 0 Å². The fourth-order valence-corrected chi connectivity index (χ4v) is 1.33. The lowest BCUT2D eigenvalue weighted by atomic mass is 10.1. The Morgan fingerprint density at radius 1 is 1.50 bits per heavy atom. The summed E-state index contributed by atoms with van der Waals surface area (Å²) in [6, 6.07) is 7.66. The van der Waals surface area contributed by atoms with Gasteiger partial charge in [-0.2, -0.15) is 0 Å². The van der Waals surface area contributed by atoms with E-state index in [2.05, 4.69) is 0 Å². The summed E-state index contributed by atoms with van der Waals surface area (Å²) in [5.41, 5.74) is 0.753. The van der Waals surface area contributed by atoms with Gasteiger partial charge in [-0.05, 0) is 5.56 Å². The summed E-state index contributed by atoms with van der Waals surface area (Å²) in [7, 11) is 1.15. The summed E-state index contributed by atoms with van der Waals surface area (Å²) in [6.45, 7) is 0. The zero-order valence-electron chi connectivity index (χ0n) is 8.74. The van der Waals surface area contributed by atoms with Gasteiger partial charge in [0.15, 0.2) is 11.1 Å². The van der Waals surface area contributed by atoms with Gasteiger partial charge in [0.1, 0.15) is 0 Å². The fourth-order valence-electron chi connectivity index (χ4n) is 1.33. The lowest BCUT2D eigenvalue weighted by Crippen LogP contribution is -2.43. The van der Waals surface area contributed by atoms with E-state index in [1.165, 1.54) is 0 Å². The molecule has 1 atom stereocenters. The number of aliphatic carboxylic acids is 1. The molecule has 0 aromatic heterocycles. The van der Waals surface area contributed by atoms with Crippen molar-refractivity contribution < 1.29 is 14.9 Å². The maximum atomic E-state index is 10.9. The Hall–Kier alpha value is -2.11. The van der Waals surface area contributed by atoms with Crippen molar-refractivity contribution in [3.8, 4) is 0 Å². The number of carboxylic acids is 1. The summed E-state index contributed by atoms with van der Waals surface area (Å²) in [5, 5.41) is 19.3. The Morgan fingerprint density at radius 3 is 2.50 bits per heavy atom. The predicted octanol–water partition coefficient (Wildman–Crippen LogP) is 0.806. The second-order valence-corrected chi connectivity index (χ2v) is 3.36. The molecule has 0 aliphatic carbocycles. The van der Waals surface area contributed by atoms with E-state index in [0.29, 0.717) is 5.01 Å². The van der Waals surface area contributed by atoms with E-state index in [9.17, 15) is 14.9 Å². The van der Waals surface area contributed by atoms with Gasteiger partial charge >= 0.3 is 5.97 Å². The summed E-state index contributed by atoms with van der Waals surface area (Å²) in [6.07, 6.45) is 0.105. The molecule has 16 heavy (non-hydrogen) atoms. The number of rotatable bonds is 5. The van der Waals surface area contributed by atoms with Crippen LogP contribution in [-0.4, -0.2) is 34.2 Å². The van der Waals surface area contributed by atoms with Crippen LogP contribution >= 0.6 is 0 Å². The SMILES string of the molecule is CN([C@@H](Cc1ccccc1)C(=O)O)[N+](=O)[O-]. The third-order valence-electron chi connectivity index (χ3n) is 2.27. The molecule has 0 unspecified atom stereocenters. The molecule has 6 nitrogen and oxygen atoms in total. The Kier molecular flexibility index (Phi) is 3.82. The first-order valence-corrected chi connectivity index (χ1v) is 4.66. The van der Waals surface area contributed by atoms with Crippen molar-refractivity contribution in [3.05, 3.63) is 46.0 Å². The van der Waals surface area contributed by atoms with Crippen LogP contribution in [0.4, 0.5) is 0 Å². The molecule has 0 amide bonds. The number of benzene rings is 1. The number of hydrazine groups is 1. The first-order valence-electron chi connectivity index (χ1n) is 4.66. The summed E-state index contributed by atoms with van der Waals surface area (Å²) >= 11 is 0. The molecule has 0 radical (unpaired) electrons. The number of nitrogens with zero attached hydrogens (tertiary/aromatic N) is 2. The number of carbonyl (C=O) groups is 1. The predicted molar refractivity (Wildman–Crippen MR) is 56.3 cm³/mol. The highest BCUT2D eigenvalue weighted by atomic mass is 16.7. The van der Waals surface area contributed by atoms with Crippen LogP contribution in [0.1, 0.15) is 5.56 Å². The second-order valence-electron chi connectivity index (χ2n) is 3.36. The number of nitro groups is 1. The van der Waals surface area contributed by atoms with Gasteiger partial charge in [0.2, 0.25) is 0 Å². The monoisotopic (exact) mass is 224 g/mol. The standard InChI is InChI=1S/C10H12N2O4/c1-11(12(15)16)9(10(13)14)7-8-5-3-2-4-6-8/h2-6,9H,7H2,1H3,(H,13,14)/t9-/m0/s1. The zero-order chi connectivity index (χ0) is 12.1. The number of hydrogen-bond acceptors (Lipinski definition) is 3. The van der Waals surface area contributed by atoms with Crippen LogP contribution in [0.25, 0.3) is 0 Å². The topological polar surface area (TPSA) is 83.7 Å². The quantitative estimate of drug-likeness (QED) is 0.591. The van der Waals surface area contributed by atoms with Gasteiger partial charge in [-0.3, -0.25) is 0 Å². The van der Waals surface area contributed by atoms with Gasteiger partial charge in [0.05, 0.1) is 7.05 Å². The molecule has 1 aromatic carbocycles. The van der Waals surface area contributed by atoms with E-state index in [1.807, 2.05) is 0 Å². The van der Waals surface area contributed by atoms with Gasteiger partial charge in [-0.1, -0.05) is 30.3 Å². The maximum absolute atomic E-state index is 10.9. The van der Waals surface area contributed by atoms with E-state index in [0.717, 1.165) is 12.6 Å². The van der Waals surface area contributed by atoms with Gasteiger partial charge < -0.3 is 5.11 Å². The summed E-state index contributed by atoms with van der Waals surface area (Å²) < 4.78 is 0. The van der Waals surface area contributed by atoms with Crippen LogP contribution in [0.2, 0.25) is 0 Å². The largest absolute Gasteiger partial charge is 0.480 e. The highest BCUT2D eigenvalue weighted by molar-refractivity contribution is 5.73. The van der Waals surface area contributed by atoms with Crippen molar-refractivity contribution in [1.82, 2.24) is 5.01 Å². The van der Waals surface area contributed by atoms with E-state index in [-0.39, 0.29) is 6.42 Å². The Balaban J connectivity index is 2.81. The Morgan fingerprint density at radius 2 is 2.06 bits per heavy atom. The molecule has 0 aliphatic heterocycles. The molecule has 0 fully saturated rings. The van der Waals surface area contributed by atoms with Crippen molar-refractivity contribution in [1.29, 1.82) is 0 Å². The number of likely N-dealkylation sites (N-methyl/N-ethyl adjacent to an activating group) is 1. The molecular formula is C10H12N2O4. The van der Waals surface area contributed by atoms with Crippen LogP contribution in [0, 0.1) is 10.1 Å². The summed E-state index contributed by atoms with van der Waals surface area (Å²) in [5.74, 6) is -1.21. The van der Waals surface area contributed by atoms with Crippen LogP contribution in [-0.2, 0) is 11.2 Å². The molecule has 0 saturated carbocycles. The lowest BCUT2D eigenvalue weighted by molar-refractivity contribution is -0.654. The first-order chi connectivity index (χ1) is 7.52. The summed E-state index contributed by atoms with van der Waals surface area (Å²) in [4.78, 5) is 21.4. The average Bonchev–Trinajstić information content (AvgIpc) is 2.26. The molecule has 0 aliphatic rings. The molecule has 0 bridgehead atoms. The molecule has 0 saturated heterocycles. The molecule has 6 heteroatoms.